The zero-order valence-electron chi connectivity index (χ0n) is 10.6. The molecule has 0 aromatic heterocycles. The van der Waals surface area contributed by atoms with Crippen LogP contribution in [0.4, 0.5) is 8.78 Å². The van der Waals surface area contributed by atoms with Gasteiger partial charge in [-0.3, -0.25) is 0 Å². The summed E-state index contributed by atoms with van der Waals surface area (Å²) in [5, 5.41) is 0. The first kappa shape index (κ1) is 13.4. The first-order chi connectivity index (χ1) is 8.54. The molecule has 0 radical (unpaired) electrons. The summed E-state index contributed by atoms with van der Waals surface area (Å²) in [7, 11) is 1.71. The Hall–Kier alpha value is -1.00. The smallest absolute Gasteiger partial charge is 0.159 e. The Kier molecular flexibility index (Phi) is 3.97. The van der Waals surface area contributed by atoms with Crippen molar-refractivity contribution in [2.75, 3.05) is 7.11 Å². The van der Waals surface area contributed by atoms with Crippen LogP contribution >= 0.6 is 0 Å². The van der Waals surface area contributed by atoms with Crippen molar-refractivity contribution < 1.29 is 13.5 Å². The van der Waals surface area contributed by atoms with Crippen LogP contribution in [0.2, 0.25) is 0 Å². The SMILES string of the molecule is COC1(CC(N)Cc2ccc(F)c(F)c2)CCC1. The first-order valence-corrected chi connectivity index (χ1v) is 6.29. The summed E-state index contributed by atoms with van der Waals surface area (Å²) < 4.78 is 31.4. The minimum absolute atomic E-state index is 0.0853. The molecule has 1 fully saturated rings. The van der Waals surface area contributed by atoms with E-state index in [-0.39, 0.29) is 11.6 Å². The van der Waals surface area contributed by atoms with Gasteiger partial charge in [-0.05, 0) is 49.8 Å². The Morgan fingerprint density at radius 3 is 2.56 bits per heavy atom. The topological polar surface area (TPSA) is 35.2 Å². The minimum atomic E-state index is -0.820. The van der Waals surface area contributed by atoms with Gasteiger partial charge in [0.05, 0.1) is 5.60 Å². The zero-order chi connectivity index (χ0) is 13.2. The highest BCUT2D eigenvalue weighted by atomic mass is 19.2. The van der Waals surface area contributed by atoms with Crippen molar-refractivity contribution in [3.8, 4) is 0 Å². The highest BCUT2D eigenvalue weighted by Crippen LogP contribution is 2.38. The van der Waals surface area contributed by atoms with Gasteiger partial charge in [-0.2, -0.15) is 0 Å². The van der Waals surface area contributed by atoms with Gasteiger partial charge in [-0.1, -0.05) is 6.07 Å². The monoisotopic (exact) mass is 255 g/mol. The normalized spacial score (nSPS) is 19.3. The zero-order valence-corrected chi connectivity index (χ0v) is 10.6. The van der Waals surface area contributed by atoms with Crippen LogP contribution in [-0.4, -0.2) is 18.8 Å². The van der Waals surface area contributed by atoms with Gasteiger partial charge < -0.3 is 10.5 Å². The molecule has 2 nitrogen and oxygen atoms in total. The van der Waals surface area contributed by atoms with Crippen molar-refractivity contribution in [2.24, 2.45) is 5.73 Å². The standard InChI is InChI=1S/C14H19F2NO/c1-18-14(5-2-6-14)9-11(17)7-10-3-4-12(15)13(16)8-10/h3-4,8,11H,2,5-7,9,17H2,1H3. The molecule has 1 aliphatic rings. The third-order valence-electron chi connectivity index (χ3n) is 3.81. The summed E-state index contributed by atoms with van der Waals surface area (Å²) in [5.74, 6) is -1.63. The summed E-state index contributed by atoms with van der Waals surface area (Å²) in [6.07, 6.45) is 4.56. The van der Waals surface area contributed by atoms with E-state index in [1.165, 1.54) is 12.5 Å². The van der Waals surface area contributed by atoms with E-state index in [1.54, 1.807) is 13.2 Å². The van der Waals surface area contributed by atoms with Crippen molar-refractivity contribution in [3.05, 3.63) is 35.4 Å². The fourth-order valence-corrected chi connectivity index (χ4v) is 2.58. The van der Waals surface area contributed by atoms with Crippen molar-refractivity contribution in [1.29, 1.82) is 0 Å². The predicted octanol–water partition coefficient (Wildman–Crippen LogP) is 2.79. The van der Waals surface area contributed by atoms with E-state index in [0.29, 0.717) is 6.42 Å². The number of hydrogen-bond donors (Lipinski definition) is 1. The van der Waals surface area contributed by atoms with Crippen LogP contribution in [0.3, 0.4) is 0 Å². The molecule has 1 unspecified atom stereocenters. The molecule has 2 rings (SSSR count). The lowest BCUT2D eigenvalue weighted by Crippen LogP contribution is -2.45. The average Bonchev–Trinajstić information content (AvgIpc) is 2.29. The van der Waals surface area contributed by atoms with Crippen LogP contribution in [0.1, 0.15) is 31.2 Å². The van der Waals surface area contributed by atoms with E-state index in [9.17, 15) is 8.78 Å². The van der Waals surface area contributed by atoms with Gasteiger partial charge in [0, 0.05) is 13.2 Å². The molecular formula is C14H19F2NO. The third kappa shape index (κ3) is 2.87. The quantitative estimate of drug-likeness (QED) is 0.878. The lowest BCUT2D eigenvalue weighted by Gasteiger charge is -2.42. The molecule has 0 heterocycles. The fourth-order valence-electron chi connectivity index (χ4n) is 2.58. The lowest BCUT2D eigenvalue weighted by molar-refractivity contribution is -0.0813. The highest BCUT2D eigenvalue weighted by molar-refractivity contribution is 5.19. The molecule has 1 aromatic rings. The molecule has 1 saturated carbocycles. The first-order valence-electron chi connectivity index (χ1n) is 6.29. The molecule has 0 saturated heterocycles. The largest absolute Gasteiger partial charge is 0.378 e. The maximum Gasteiger partial charge on any atom is 0.159 e. The Morgan fingerprint density at radius 1 is 1.33 bits per heavy atom. The molecular weight excluding hydrogens is 236 g/mol. The van der Waals surface area contributed by atoms with Gasteiger partial charge in [0.25, 0.3) is 0 Å². The molecule has 0 spiro atoms. The van der Waals surface area contributed by atoms with Gasteiger partial charge in [0.1, 0.15) is 0 Å². The van der Waals surface area contributed by atoms with E-state index in [0.717, 1.165) is 30.9 Å². The van der Waals surface area contributed by atoms with Crippen molar-refractivity contribution in [3.63, 3.8) is 0 Å². The lowest BCUT2D eigenvalue weighted by atomic mass is 9.75. The van der Waals surface area contributed by atoms with Gasteiger partial charge in [-0.15, -0.1) is 0 Å². The maximum absolute atomic E-state index is 13.1. The summed E-state index contributed by atoms with van der Waals surface area (Å²) in [5.41, 5.74) is 6.71. The predicted molar refractivity (Wildman–Crippen MR) is 66.2 cm³/mol. The van der Waals surface area contributed by atoms with E-state index < -0.39 is 11.6 Å². The molecule has 100 valence electrons. The number of ether oxygens (including phenoxy) is 1. The molecule has 0 bridgehead atoms. The van der Waals surface area contributed by atoms with Gasteiger partial charge in [0.2, 0.25) is 0 Å². The Balaban J connectivity index is 1.94. The van der Waals surface area contributed by atoms with Crippen molar-refractivity contribution in [1.82, 2.24) is 0 Å². The molecule has 1 aliphatic carbocycles. The molecule has 4 heteroatoms. The number of hydrogen-bond acceptors (Lipinski definition) is 2. The Morgan fingerprint density at radius 2 is 2.06 bits per heavy atom. The summed E-state index contributed by atoms with van der Waals surface area (Å²) >= 11 is 0. The summed E-state index contributed by atoms with van der Waals surface area (Å²) in [4.78, 5) is 0. The molecule has 0 amide bonds. The third-order valence-corrected chi connectivity index (χ3v) is 3.81. The van der Waals surface area contributed by atoms with E-state index in [2.05, 4.69) is 0 Å². The van der Waals surface area contributed by atoms with E-state index in [1.807, 2.05) is 0 Å². The van der Waals surface area contributed by atoms with E-state index in [4.69, 9.17) is 10.5 Å². The molecule has 2 N–H and O–H groups in total. The molecule has 18 heavy (non-hydrogen) atoms. The fraction of sp³-hybridized carbons (Fsp3) is 0.571. The van der Waals surface area contributed by atoms with Crippen LogP contribution in [0.5, 0.6) is 0 Å². The second kappa shape index (κ2) is 5.33. The molecule has 0 aliphatic heterocycles. The number of methoxy groups -OCH3 is 1. The van der Waals surface area contributed by atoms with Gasteiger partial charge in [-0.25, -0.2) is 8.78 Å². The Bertz CT molecular complexity index is 413. The maximum atomic E-state index is 13.1. The van der Waals surface area contributed by atoms with Gasteiger partial charge >= 0.3 is 0 Å². The minimum Gasteiger partial charge on any atom is -0.378 e. The second-order valence-electron chi connectivity index (χ2n) is 5.16. The molecule has 1 aromatic carbocycles. The number of halogens is 2. The van der Waals surface area contributed by atoms with Gasteiger partial charge in [0.15, 0.2) is 11.6 Å². The average molecular weight is 255 g/mol. The number of rotatable bonds is 5. The van der Waals surface area contributed by atoms with Crippen LogP contribution in [0.15, 0.2) is 18.2 Å². The highest BCUT2D eigenvalue weighted by Gasteiger charge is 2.38. The second-order valence-corrected chi connectivity index (χ2v) is 5.16. The van der Waals surface area contributed by atoms with Crippen molar-refractivity contribution >= 4 is 0 Å². The Labute approximate surface area is 106 Å². The van der Waals surface area contributed by atoms with Crippen molar-refractivity contribution in [2.45, 2.75) is 43.7 Å². The summed E-state index contributed by atoms with van der Waals surface area (Å²) in [6, 6.07) is 3.86. The van der Waals surface area contributed by atoms with E-state index >= 15 is 0 Å². The van der Waals surface area contributed by atoms with Crippen LogP contribution in [0.25, 0.3) is 0 Å². The summed E-state index contributed by atoms with van der Waals surface area (Å²) in [6.45, 7) is 0. The van der Waals surface area contributed by atoms with Crippen LogP contribution in [0, 0.1) is 11.6 Å². The van der Waals surface area contributed by atoms with Crippen LogP contribution < -0.4 is 5.73 Å². The van der Waals surface area contributed by atoms with Crippen LogP contribution in [-0.2, 0) is 11.2 Å². The molecule has 1 atom stereocenters. The number of benzene rings is 1. The number of nitrogens with two attached hydrogens (primary N) is 1.